The maximum atomic E-state index is 14.5. The highest BCUT2D eigenvalue weighted by atomic mass is 35.5. The lowest BCUT2D eigenvalue weighted by Gasteiger charge is -2.33. The molecular formula is C26H26ClFN8O4. The van der Waals surface area contributed by atoms with E-state index in [0.29, 0.717) is 11.5 Å². The Balaban J connectivity index is 1.49. The number of amides is 2. The number of halogens is 2. The van der Waals surface area contributed by atoms with Crippen molar-refractivity contribution < 1.29 is 19.1 Å². The number of rotatable bonds is 6. The van der Waals surface area contributed by atoms with Crippen molar-refractivity contribution in [3.05, 3.63) is 63.7 Å². The highest BCUT2D eigenvalue weighted by Gasteiger charge is 2.22. The molecule has 4 aromatic rings. The third-order valence-electron chi connectivity index (χ3n) is 6.83. The van der Waals surface area contributed by atoms with Gasteiger partial charge in [-0.2, -0.15) is 0 Å². The quantitative estimate of drug-likeness (QED) is 0.318. The number of phenols is 1. The van der Waals surface area contributed by atoms with Crippen molar-refractivity contribution in [2.75, 3.05) is 43.4 Å². The fourth-order valence-electron chi connectivity index (χ4n) is 4.62. The summed E-state index contributed by atoms with van der Waals surface area (Å²) >= 11 is 6.33. The maximum Gasteiger partial charge on any atom is 0.263 e. The predicted octanol–water partition coefficient (Wildman–Crippen LogP) is 1.78. The Bertz CT molecular complexity index is 1710. The van der Waals surface area contributed by atoms with Crippen LogP contribution in [0, 0.1) is 5.82 Å². The molecule has 4 N–H and O–H groups in total. The van der Waals surface area contributed by atoms with Crippen LogP contribution < -0.4 is 21.5 Å². The Morgan fingerprint density at radius 3 is 2.58 bits per heavy atom. The molecule has 5 rings (SSSR count). The summed E-state index contributed by atoms with van der Waals surface area (Å²) in [6.45, 7) is 3.07. The fourth-order valence-corrected chi connectivity index (χ4v) is 4.77. The number of nitrogens with two attached hydrogens (primary N) is 1. The van der Waals surface area contributed by atoms with Gasteiger partial charge in [-0.3, -0.25) is 14.4 Å². The number of pyridine rings is 1. The van der Waals surface area contributed by atoms with Crippen molar-refractivity contribution in [3.63, 3.8) is 0 Å². The van der Waals surface area contributed by atoms with Gasteiger partial charge in [-0.15, -0.1) is 0 Å². The number of primary amides is 1. The van der Waals surface area contributed by atoms with Crippen LogP contribution in [0.1, 0.15) is 10.4 Å². The van der Waals surface area contributed by atoms with Gasteiger partial charge in [0.25, 0.3) is 11.5 Å². The van der Waals surface area contributed by atoms with Crippen molar-refractivity contribution in [2.45, 2.75) is 6.54 Å². The van der Waals surface area contributed by atoms with Crippen molar-refractivity contribution in [3.8, 4) is 16.9 Å². The molecule has 0 bridgehead atoms. The number of nitrogens with one attached hydrogen (secondary N) is 1. The number of aromatic hydroxyl groups is 1. The number of anilines is 2. The average Bonchev–Trinajstić information content (AvgIpc) is 3.28. The van der Waals surface area contributed by atoms with Crippen LogP contribution in [0.15, 0.2) is 41.7 Å². The summed E-state index contributed by atoms with van der Waals surface area (Å²) in [5.41, 5.74) is 5.25. The van der Waals surface area contributed by atoms with E-state index >= 15 is 0 Å². The van der Waals surface area contributed by atoms with Gasteiger partial charge >= 0.3 is 0 Å². The second kappa shape index (κ2) is 10.6. The van der Waals surface area contributed by atoms with Gasteiger partial charge in [0.15, 0.2) is 11.6 Å². The monoisotopic (exact) mass is 568 g/mol. The molecule has 1 aliphatic rings. The number of fused-ring (bicyclic) bond motifs is 1. The fraction of sp³-hybridized carbons (Fsp3) is 0.269. The summed E-state index contributed by atoms with van der Waals surface area (Å²) < 4.78 is 17.2. The lowest BCUT2D eigenvalue weighted by atomic mass is 10.0. The Labute approximate surface area is 232 Å². The molecule has 0 spiro atoms. The molecule has 14 heteroatoms. The molecule has 40 heavy (non-hydrogen) atoms. The van der Waals surface area contributed by atoms with Gasteiger partial charge < -0.3 is 35.1 Å². The molecule has 4 heterocycles. The Kier molecular flexibility index (Phi) is 7.17. The van der Waals surface area contributed by atoms with E-state index in [9.17, 15) is 23.9 Å². The smallest absolute Gasteiger partial charge is 0.263 e. The van der Waals surface area contributed by atoms with E-state index in [4.69, 9.17) is 17.3 Å². The normalized spacial score (nSPS) is 14.1. The van der Waals surface area contributed by atoms with Crippen LogP contribution in [0.4, 0.5) is 15.9 Å². The lowest BCUT2D eigenvalue weighted by molar-refractivity contribution is -0.116. The highest BCUT2D eigenvalue weighted by molar-refractivity contribution is 6.33. The van der Waals surface area contributed by atoms with Gasteiger partial charge in [0.2, 0.25) is 5.91 Å². The first-order chi connectivity index (χ1) is 19.0. The van der Waals surface area contributed by atoms with Gasteiger partial charge in [-0.25, -0.2) is 14.4 Å². The number of hydrogen-bond donors (Lipinski definition) is 3. The molecule has 3 aromatic heterocycles. The molecular weight excluding hydrogens is 543 g/mol. The molecule has 1 fully saturated rings. The SMILES string of the molecule is CN1CCN(c2cc(NC(=O)Cn3cc(-c4cc(F)c(O)c(C(N)=O)c4)c4c(=O)n(C)cnc43)c(Cl)cn2)CC1. The molecule has 12 nitrogen and oxygen atoms in total. The van der Waals surface area contributed by atoms with Crippen LogP contribution in [0.2, 0.25) is 5.02 Å². The van der Waals surface area contributed by atoms with Crippen LogP contribution >= 0.6 is 11.6 Å². The standard InChI is InChI=1S/C26H26ClFN8O4/c1-33-3-5-35(6-4-33)20-9-19(17(27)10-30-20)32-21(37)12-36-11-16(22-25(36)31-13-34(2)26(22)40)14-7-15(24(29)39)23(38)18(28)8-14/h7-11,13,38H,3-6,12H2,1-2H3,(H2,29,39)(H,30,32,37). The van der Waals surface area contributed by atoms with E-state index in [1.165, 1.54) is 41.0 Å². The van der Waals surface area contributed by atoms with Crippen LogP contribution in [0.3, 0.4) is 0 Å². The van der Waals surface area contributed by atoms with E-state index in [2.05, 4.69) is 25.1 Å². The number of hydrogen-bond acceptors (Lipinski definition) is 8. The maximum absolute atomic E-state index is 14.5. The number of nitrogens with zero attached hydrogens (tertiary/aromatic N) is 6. The number of likely N-dealkylation sites (N-methyl/N-ethyl adjacent to an activating group) is 1. The minimum absolute atomic E-state index is 0.0950. The highest BCUT2D eigenvalue weighted by Crippen LogP contribution is 2.33. The van der Waals surface area contributed by atoms with Gasteiger partial charge in [0.1, 0.15) is 18.0 Å². The topological polar surface area (TPSA) is 152 Å². The summed E-state index contributed by atoms with van der Waals surface area (Å²) in [7, 11) is 3.55. The van der Waals surface area contributed by atoms with E-state index < -0.39 is 34.5 Å². The number of aryl methyl sites for hydroxylation is 1. The molecule has 208 valence electrons. The first-order valence-electron chi connectivity index (χ1n) is 12.3. The number of aromatic nitrogens is 4. The average molecular weight is 569 g/mol. The molecule has 0 unspecified atom stereocenters. The Morgan fingerprint density at radius 1 is 1.15 bits per heavy atom. The molecule has 2 amide bonds. The zero-order valence-electron chi connectivity index (χ0n) is 21.7. The molecule has 0 radical (unpaired) electrons. The van der Waals surface area contributed by atoms with E-state index in [1.807, 2.05) is 7.05 Å². The van der Waals surface area contributed by atoms with Crippen LogP contribution in [0.25, 0.3) is 22.2 Å². The molecule has 1 saturated heterocycles. The van der Waals surface area contributed by atoms with Crippen molar-refractivity contribution in [2.24, 2.45) is 12.8 Å². The summed E-state index contributed by atoms with van der Waals surface area (Å²) in [4.78, 5) is 51.0. The van der Waals surface area contributed by atoms with Crippen LogP contribution in [-0.4, -0.2) is 74.1 Å². The van der Waals surface area contributed by atoms with Gasteiger partial charge in [-0.1, -0.05) is 11.6 Å². The van der Waals surface area contributed by atoms with Gasteiger partial charge in [0, 0.05) is 51.1 Å². The van der Waals surface area contributed by atoms with Gasteiger partial charge in [-0.05, 0) is 24.7 Å². The molecule has 0 saturated carbocycles. The second-order valence-electron chi connectivity index (χ2n) is 9.61. The molecule has 0 atom stereocenters. The Hall–Kier alpha value is -4.49. The van der Waals surface area contributed by atoms with Crippen molar-refractivity contribution in [1.29, 1.82) is 0 Å². The predicted molar refractivity (Wildman–Crippen MR) is 148 cm³/mol. The van der Waals surface area contributed by atoms with Crippen molar-refractivity contribution in [1.82, 2.24) is 24.0 Å². The van der Waals surface area contributed by atoms with Crippen molar-refractivity contribution >= 4 is 46.0 Å². The van der Waals surface area contributed by atoms with E-state index in [-0.39, 0.29) is 33.7 Å². The summed E-state index contributed by atoms with van der Waals surface area (Å²) in [5.74, 6) is -2.80. The van der Waals surface area contributed by atoms with E-state index in [1.54, 1.807) is 6.07 Å². The van der Waals surface area contributed by atoms with E-state index in [0.717, 1.165) is 32.2 Å². The summed E-state index contributed by atoms with van der Waals surface area (Å²) in [6.07, 6.45) is 4.24. The first-order valence-corrected chi connectivity index (χ1v) is 12.7. The third-order valence-corrected chi connectivity index (χ3v) is 7.13. The number of carbonyl (C=O) groups is 2. The zero-order chi connectivity index (χ0) is 28.7. The summed E-state index contributed by atoms with van der Waals surface area (Å²) in [5, 5.41) is 13.1. The molecule has 1 aromatic carbocycles. The summed E-state index contributed by atoms with van der Waals surface area (Å²) in [6, 6.07) is 3.87. The Morgan fingerprint density at radius 2 is 1.88 bits per heavy atom. The number of carbonyl (C=O) groups excluding carboxylic acids is 2. The van der Waals surface area contributed by atoms with Gasteiger partial charge in [0.05, 0.1) is 34.2 Å². The second-order valence-corrected chi connectivity index (χ2v) is 10.0. The van der Waals surface area contributed by atoms with Crippen LogP contribution in [0.5, 0.6) is 5.75 Å². The molecule has 1 aliphatic heterocycles. The lowest BCUT2D eigenvalue weighted by Crippen LogP contribution is -2.44. The minimum atomic E-state index is -1.09. The first kappa shape index (κ1) is 27.1. The zero-order valence-corrected chi connectivity index (χ0v) is 22.4. The number of benzene rings is 1. The largest absolute Gasteiger partial charge is 0.504 e. The third kappa shape index (κ3) is 5.08. The molecule has 0 aliphatic carbocycles. The van der Waals surface area contributed by atoms with Crippen LogP contribution in [-0.2, 0) is 18.4 Å². The minimum Gasteiger partial charge on any atom is -0.504 e. The number of piperazine rings is 1.